The first-order valence-corrected chi connectivity index (χ1v) is 15.0. The van der Waals surface area contributed by atoms with Gasteiger partial charge in [-0.2, -0.15) is 13.2 Å². The van der Waals surface area contributed by atoms with Crippen LogP contribution in [0.15, 0.2) is 29.3 Å². The Hall–Kier alpha value is -1.47. The number of likely N-dealkylation sites (tertiary alicyclic amines) is 1. The van der Waals surface area contributed by atoms with Gasteiger partial charge in [-0.1, -0.05) is 37.5 Å². The number of amidine groups is 1. The largest absolute Gasteiger partial charge is 0.416 e. The molecule has 7 heteroatoms. The van der Waals surface area contributed by atoms with E-state index in [9.17, 15) is 13.2 Å². The van der Waals surface area contributed by atoms with Crippen LogP contribution in [0.1, 0.15) is 89.0 Å². The molecule has 200 valence electrons. The number of halogens is 3. The Morgan fingerprint density at radius 1 is 0.865 bits per heavy atom. The van der Waals surface area contributed by atoms with Gasteiger partial charge in [-0.15, -0.1) is 0 Å². The highest BCUT2D eigenvalue weighted by molar-refractivity contribution is 7.80. The molecule has 0 aromatic heterocycles. The number of hydrogen-bond donors (Lipinski definition) is 0. The van der Waals surface area contributed by atoms with E-state index >= 15 is 0 Å². The number of nitrogens with zero attached hydrogens (tertiary/aromatic N) is 3. The molecule has 1 aromatic rings. The van der Waals surface area contributed by atoms with E-state index < -0.39 is 11.7 Å². The van der Waals surface area contributed by atoms with Crippen molar-refractivity contribution in [1.82, 2.24) is 4.90 Å². The van der Waals surface area contributed by atoms with E-state index in [2.05, 4.69) is 4.90 Å². The number of anilines is 1. The van der Waals surface area contributed by atoms with Crippen molar-refractivity contribution >= 4 is 28.7 Å². The van der Waals surface area contributed by atoms with Crippen LogP contribution in [-0.2, 0) is 6.18 Å². The molecule has 1 unspecified atom stereocenters. The number of rotatable bonds is 3. The Bertz CT molecular complexity index is 1060. The van der Waals surface area contributed by atoms with Crippen LogP contribution in [0, 0.1) is 23.2 Å². The first-order valence-electron chi connectivity index (χ1n) is 14.6. The molecule has 0 N–H and O–H groups in total. The number of thiocarbonyl (C=S) groups is 1. The number of benzene rings is 1. The normalized spacial score (nSPS) is 38.4. The van der Waals surface area contributed by atoms with E-state index in [1.807, 2.05) is 11.0 Å². The maximum atomic E-state index is 13.8. The minimum absolute atomic E-state index is 0.0578. The molecule has 5 saturated carbocycles. The van der Waals surface area contributed by atoms with E-state index in [4.69, 9.17) is 17.2 Å². The van der Waals surface area contributed by atoms with E-state index in [0.717, 1.165) is 86.6 Å². The van der Waals surface area contributed by atoms with Crippen molar-refractivity contribution in [2.24, 2.45) is 28.2 Å². The molecule has 2 aliphatic heterocycles. The first-order chi connectivity index (χ1) is 17.8. The predicted octanol–water partition coefficient (Wildman–Crippen LogP) is 7.64. The molecule has 5 aliphatic carbocycles. The highest BCUT2D eigenvalue weighted by Crippen LogP contribution is 2.58. The summed E-state index contributed by atoms with van der Waals surface area (Å²) in [5, 5.41) is 0. The summed E-state index contributed by atoms with van der Waals surface area (Å²) in [4.78, 5) is 11.2. The molecule has 3 nitrogen and oxygen atoms in total. The fourth-order valence-corrected chi connectivity index (χ4v) is 10.1. The third-order valence-electron chi connectivity index (χ3n) is 10.7. The summed E-state index contributed by atoms with van der Waals surface area (Å²) in [6, 6.07) is 5.93. The number of hydrogen-bond acceptors (Lipinski definition) is 3. The summed E-state index contributed by atoms with van der Waals surface area (Å²) in [5.41, 5.74) is -0.315. The standard InChI is InChI=1S/C30H38F3N3S/c31-30(32,33)23-7-6-8-24(16-23)36-26(34-28-17-20-13-21(18-28)15-22(14-20)19-28)25(35-11-4-5-12-35)29(27(36)37)9-2-1-3-10-29/h6-8,16,20-22,25H,1-5,9-15,17-19H2. The van der Waals surface area contributed by atoms with E-state index in [1.165, 1.54) is 50.7 Å². The quantitative estimate of drug-likeness (QED) is 0.375. The molecule has 37 heavy (non-hydrogen) atoms. The van der Waals surface area contributed by atoms with Gasteiger partial charge in [0, 0.05) is 11.1 Å². The van der Waals surface area contributed by atoms with Crippen LogP contribution in [0.5, 0.6) is 0 Å². The predicted molar refractivity (Wildman–Crippen MR) is 145 cm³/mol. The van der Waals surface area contributed by atoms with Gasteiger partial charge in [0.25, 0.3) is 0 Å². The van der Waals surface area contributed by atoms with Crippen molar-refractivity contribution in [3.05, 3.63) is 29.8 Å². The summed E-state index contributed by atoms with van der Waals surface area (Å²) < 4.78 is 41.4. The van der Waals surface area contributed by atoms with Crippen molar-refractivity contribution in [2.45, 2.75) is 101 Å². The lowest BCUT2D eigenvalue weighted by atomic mass is 9.53. The van der Waals surface area contributed by atoms with Crippen LogP contribution in [0.25, 0.3) is 0 Å². The molecule has 4 bridgehead atoms. The molecule has 1 aromatic carbocycles. The molecule has 1 atom stereocenters. The summed E-state index contributed by atoms with van der Waals surface area (Å²) in [6.45, 7) is 2.07. The fourth-order valence-electron chi connectivity index (χ4n) is 9.62. The molecular weight excluding hydrogens is 491 g/mol. The lowest BCUT2D eigenvalue weighted by Crippen LogP contribution is -2.53. The van der Waals surface area contributed by atoms with Crippen LogP contribution in [0.2, 0.25) is 0 Å². The van der Waals surface area contributed by atoms with Gasteiger partial charge in [0.2, 0.25) is 0 Å². The third-order valence-corrected chi connectivity index (χ3v) is 11.3. The monoisotopic (exact) mass is 529 g/mol. The summed E-state index contributed by atoms with van der Waals surface area (Å²) in [7, 11) is 0. The minimum atomic E-state index is -4.38. The molecule has 7 aliphatic rings. The molecule has 2 saturated heterocycles. The Morgan fingerprint density at radius 3 is 2.08 bits per heavy atom. The zero-order valence-corrected chi connectivity index (χ0v) is 22.4. The number of alkyl halides is 3. The molecule has 0 amide bonds. The average molecular weight is 530 g/mol. The highest BCUT2D eigenvalue weighted by atomic mass is 32.1. The number of aliphatic imine (C=N–C) groups is 1. The van der Waals surface area contributed by atoms with Gasteiger partial charge in [0.15, 0.2) is 0 Å². The van der Waals surface area contributed by atoms with Gasteiger partial charge in [-0.25, -0.2) is 0 Å². The molecule has 8 rings (SSSR count). The minimum Gasteiger partial charge on any atom is -0.293 e. The van der Waals surface area contributed by atoms with Crippen molar-refractivity contribution in [3.8, 4) is 0 Å². The summed E-state index contributed by atoms with van der Waals surface area (Å²) >= 11 is 6.33. The van der Waals surface area contributed by atoms with E-state index in [-0.39, 0.29) is 17.0 Å². The van der Waals surface area contributed by atoms with Crippen molar-refractivity contribution in [2.75, 3.05) is 18.0 Å². The van der Waals surface area contributed by atoms with Crippen molar-refractivity contribution in [3.63, 3.8) is 0 Å². The van der Waals surface area contributed by atoms with Gasteiger partial charge >= 0.3 is 6.18 Å². The molecule has 7 fully saturated rings. The van der Waals surface area contributed by atoms with E-state index in [0.29, 0.717) is 5.69 Å². The maximum absolute atomic E-state index is 13.8. The van der Waals surface area contributed by atoms with Gasteiger partial charge < -0.3 is 0 Å². The van der Waals surface area contributed by atoms with Gasteiger partial charge in [0.1, 0.15) is 5.84 Å². The smallest absolute Gasteiger partial charge is 0.293 e. The van der Waals surface area contributed by atoms with Crippen LogP contribution < -0.4 is 4.90 Å². The van der Waals surface area contributed by atoms with Gasteiger partial charge in [-0.05, 0) is 113 Å². The zero-order chi connectivity index (χ0) is 25.4. The van der Waals surface area contributed by atoms with Crippen molar-refractivity contribution in [1.29, 1.82) is 0 Å². The second-order valence-corrected chi connectivity index (χ2v) is 13.5. The Morgan fingerprint density at radius 2 is 1.49 bits per heavy atom. The topological polar surface area (TPSA) is 18.8 Å². The Labute approximate surface area is 223 Å². The lowest BCUT2D eigenvalue weighted by Gasteiger charge is -2.55. The van der Waals surface area contributed by atoms with Gasteiger partial charge in [-0.3, -0.25) is 14.8 Å². The Kier molecular flexibility index (Phi) is 5.82. The second kappa shape index (κ2) is 8.77. The maximum Gasteiger partial charge on any atom is 0.416 e. The van der Waals surface area contributed by atoms with Crippen LogP contribution >= 0.6 is 12.2 Å². The van der Waals surface area contributed by atoms with E-state index in [1.54, 1.807) is 6.07 Å². The summed E-state index contributed by atoms with van der Waals surface area (Å²) in [5.74, 6) is 3.27. The molecular formula is C30H38F3N3S. The molecule has 1 spiro atoms. The Balaban J connectivity index is 1.39. The van der Waals surface area contributed by atoms with Crippen LogP contribution in [0.4, 0.5) is 18.9 Å². The fraction of sp³-hybridized carbons (Fsp3) is 0.733. The summed E-state index contributed by atoms with van der Waals surface area (Å²) in [6.07, 6.45) is 10.9. The first kappa shape index (κ1) is 24.6. The van der Waals surface area contributed by atoms with Gasteiger partial charge in [0.05, 0.1) is 22.1 Å². The van der Waals surface area contributed by atoms with Crippen LogP contribution in [-0.4, -0.2) is 40.4 Å². The average Bonchev–Trinajstić information content (AvgIpc) is 3.44. The second-order valence-electron chi connectivity index (χ2n) is 13.2. The third kappa shape index (κ3) is 4.00. The highest BCUT2D eigenvalue weighted by Gasteiger charge is 2.59. The SMILES string of the molecule is FC(F)(F)c1cccc(N2C(=S)C3(CCCCC3)C(N3CCCC3)C2=NC23CC4CC(CC(C4)C2)C3)c1. The molecule has 2 heterocycles. The molecule has 0 radical (unpaired) electrons. The van der Waals surface area contributed by atoms with Crippen molar-refractivity contribution < 1.29 is 13.2 Å². The van der Waals surface area contributed by atoms with Crippen LogP contribution in [0.3, 0.4) is 0 Å². The zero-order valence-electron chi connectivity index (χ0n) is 21.6. The lowest BCUT2D eigenvalue weighted by molar-refractivity contribution is -0.137.